The molecule has 2 rings (SSSR count). The molecule has 1 fully saturated rings. The van der Waals surface area contributed by atoms with Gasteiger partial charge in [-0.15, -0.1) is 0 Å². The standard InChI is InChI=1S/C13H19F2N3O/c1-19-12-8-17-5-3-10(12)11(18-16)6-9-2-4-13(14,15)7-9/h3,5,8-9,11,18H,2,4,6-7,16H2,1H3. The lowest BCUT2D eigenvalue weighted by atomic mass is 9.94. The highest BCUT2D eigenvalue weighted by molar-refractivity contribution is 5.32. The van der Waals surface area contributed by atoms with E-state index in [1.54, 1.807) is 25.6 Å². The Morgan fingerprint density at radius 3 is 3.00 bits per heavy atom. The smallest absolute Gasteiger partial charge is 0.248 e. The molecular weight excluding hydrogens is 252 g/mol. The molecule has 2 atom stereocenters. The van der Waals surface area contributed by atoms with Crippen LogP contribution in [-0.4, -0.2) is 18.0 Å². The van der Waals surface area contributed by atoms with E-state index in [4.69, 9.17) is 10.6 Å². The minimum absolute atomic E-state index is 0.0195. The van der Waals surface area contributed by atoms with E-state index in [1.165, 1.54) is 0 Å². The Hall–Kier alpha value is -1.27. The molecule has 0 aliphatic heterocycles. The lowest BCUT2D eigenvalue weighted by molar-refractivity contribution is 0.00429. The van der Waals surface area contributed by atoms with Crippen LogP contribution in [0.2, 0.25) is 0 Å². The molecule has 0 radical (unpaired) electrons. The van der Waals surface area contributed by atoms with Crippen LogP contribution in [0.5, 0.6) is 5.75 Å². The summed E-state index contributed by atoms with van der Waals surface area (Å²) < 4.78 is 31.6. The van der Waals surface area contributed by atoms with Crippen molar-refractivity contribution in [2.24, 2.45) is 11.8 Å². The molecule has 0 bridgehead atoms. The Labute approximate surface area is 111 Å². The van der Waals surface area contributed by atoms with Gasteiger partial charge in [-0.2, -0.15) is 0 Å². The zero-order valence-corrected chi connectivity index (χ0v) is 10.9. The number of methoxy groups -OCH3 is 1. The van der Waals surface area contributed by atoms with Gasteiger partial charge in [-0.05, 0) is 24.8 Å². The van der Waals surface area contributed by atoms with Gasteiger partial charge in [0.25, 0.3) is 0 Å². The van der Waals surface area contributed by atoms with E-state index in [1.807, 2.05) is 0 Å². The van der Waals surface area contributed by atoms with E-state index in [0.717, 1.165) is 5.56 Å². The third-order valence-corrected chi connectivity index (χ3v) is 3.69. The number of nitrogens with one attached hydrogen (secondary N) is 1. The molecule has 1 aliphatic rings. The van der Waals surface area contributed by atoms with Crippen LogP contribution < -0.4 is 16.0 Å². The van der Waals surface area contributed by atoms with Crippen LogP contribution in [0.1, 0.15) is 37.3 Å². The molecule has 4 nitrogen and oxygen atoms in total. The van der Waals surface area contributed by atoms with Gasteiger partial charge in [-0.3, -0.25) is 16.3 Å². The van der Waals surface area contributed by atoms with Crippen molar-refractivity contribution in [1.82, 2.24) is 10.4 Å². The van der Waals surface area contributed by atoms with E-state index in [0.29, 0.717) is 18.6 Å². The van der Waals surface area contributed by atoms with Crippen LogP contribution in [-0.2, 0) is 0 Å². The molecule has 1 aliphatic carbocycles. The summed E-state index contributed by atoms with van der Waals surface area (Å²) in [4.78, 5) is 3.97. The summed E-state index contributed by atoms with van der Waals surface area (Å²) in [7, 11) is 1.55. The number of alkyl halides is 2. The number of aromatic nitrogens is 1. The molecule has 1 aromatic heterocycles. The Morgan fingerprint density at radius 2 is 2.42 bits per heavy atom. The molecule has 0 spiro atoms. The average molecular weight is 271 g/mol. The monoisotopic (exact) mass is 271 g/mol. The molecule has 1 saturated carbocycles. The highest BCUT2D eigenvalue weighted by Gasteiger charge is 2.40. The molecule has 0 saturated heterocycles. The van der Waals surface area contributed by atoms with Crippen molar-refractivity contribution in [3.8, 4) is 5.75 Å². The number of halogens is 2. The van der Waals surface area contributed by atoms with Gasteiger partial charge in [0.2, 0.25) is 5.92 Å². The first-order valence-electron chi connectivity index (χ1n) is 6.37. The first-order chi connectivity index (χ1) is 9.05. The fraction of sp³-hybridized carbons (Fsp3) is 0.615. The summed E-state index contributed by atoms with van der Waals surface area (Å²) in [5.41, 5.74) is 3.55. The largest absolute Gasteiger partial charge is 0.495 e. The van der Waals surface area contributed by atoms with Gasteiger partial charge < -0.3 is 4.74 Å². The summed E-state index contributed by atoms with van der Waals surface area (Å²) >= 11 is 0. The normalized spacial score (nSPS) is 23.3. The van der Waals surface area contributed by atoms with E-state index in [2.05, 4.69) is 10.4 Å². The first-order valence-corrected chi connectivity index (χ1v) is 6.37. The highest BCUT2D eigenvalue weighted by Crippen LogP contribution is 2.43. The number of nitrogens with zero attached hydrogens (tertiary/aromatic N) is 1. The lowest BCUT2D eigenvalue weighted by Gasteiger charge is -2.21. The van der Waals surface area contributed by atoms with Crippen LogP contribution in [0.3, 0.4) is 0 Å². The average Bonchev–Trinajstić information content (AvgIpc) is 2.75. The van der Waals surface area contributed by atoms with Crippen molar-refractivity contribution in [1.29, 1.82) is 0 Å². The van der Waals surface area contributed by atoms with Crippen molar-refractivity contribution >= 4 is 0 Å². The summed E-state index contributed by atoms with van der Waals surface area (Å²) in [6.07, 6.45) is 4.28. The second-order valence-corrected chi connectivity index (χ2v) is 5.04. The van der Waals surface area contributed by atoms with Crippen LogP contribution in [0.4, 0.5) is 8.78 Å². The maximum atomic E-state index is 13.2. The van der Waals surface area contributed by atoms with Crippen molar-refractivity contribution in [2.75, 3.05) is 7.11 Å². The highest BCUT2D eigenvalue weighted by atomic mass is 19.3. The van der Waals surface area contributed by atoms with E-state index in [-0.39, 0.29) is 24.8 Å². The number of hydrazine groups is 1. The van der Waals surface area contributed by atoms with Gasteiger partial charge >= 0.3 is 0 Å². The minimum Gasteiger partial charge on any atom is -0.495 e. The molecule has 1 heterocycles. The molecule has 19 heavy (non-hydrogen) atoms. The fourth-order valence-electron chi connectivity index (χ4n) is 2.71. The van der Waals surface area contributed by atoms with Crippen LogP contribution >= 0.6 is 0 Å². The SMILES string of the molecule is COc1cnccc1C(CC1CCC(F)(F)C1)NN. The molecular formula is C13H19F2N3O. The predicted molar refractivity (Wildman–Crippen MR) is 67.8 cm³/mol. The van der Waals surface area contributed by atoms with Crippen molar-refractivity contribution < 1.29 is 13.5 Å². The molecule has 106 valence electrons. The molecule has 6 heteroatoms. The zero-order valence-electron chi connectivity index (χ0n) is 10.9. The maximum absolute atomic E-state index is 13.2. The van der Waals surface area contributed by atoms with Crippen LogP contribution in [0, 0.1) is 5.92 Å². The van der Waals surface area contributed by atoms with Crippen molar-refractivity contribution in [3.05, 3.63) is 24.0 Å². The molecule has 3 N–H and O–H groups in total. The van der Waals surface area contributed by atoms with Crippen LogP contribution in [0.25, 0.3) is 0 Å². The van der Waals surface area contributed by atoms with Crippen molar-refractivity contribution in [2.45, 2.75) is 37.6 Å². The molecule has 2 unspecified atom stereocenters. The maximum Gasteiger partial charge on any atom is 0.248 e. The summed E-state index contributed by atoms with van der Waals surface area (Å²) in [5, 5.41) is 0. The second kappa shape index (κ2) is 5.79. The quantitative estimate of drug-likeness (QED) is 0.638. The lowest BCUT2D eigenvalue weighted by Crippen LogP contribution is -2.30. The van der Waals surface area contributed by atoms with Gasteiger partial charge in [0.1, 0.15) is 5.75 Å². The van der Waals surface area contributed by atoms with E-state index < -0.39 is 5.92 Å². The van der Waals surface area contributed by atoms with Gasteiger partial charge in [0, 0.05) is 30.6 Å². The number of ether oxygens (including phenoxy) is 1. The van der Waals surface area contributed by atoms with E-state index in [9.17, 15) is 8.78 Å². The first kappa shape index (κ1) is 14.1. The minimum atomic E-state index is -2.52. The third kappa shape index (κ3) is 3.39. The Bertz CT molecular complexity index is 428. The number of nitrogens with two attached hydrogens (primary N) is 1. The number of hydrogen-bond donors (Lipinski definition) is 2. The molecule has 0 aromatic carbocycles. The molecule has 0 amide bonds. The molecule has 1 aromatic rings. The number of rotatable bonds is 5. The summed E-state index contributed by atoms with van der Waals surface area (Å²) in [5.74, 6) is 3.64. The fourth-order valence-corrected chi connectivity index (χ4v) is 2.71. The summed E-state index contributed by atoms with van der Waals surface area (Å²) in [6.45, 7) is 0. The van der Waals surface area contributed by atoms with Gasteiger partial charge in [0.15, 0.2) is 0 Å². The Balaban J connectivity index is 2.08. The number of hydrogen-bond acceptors (Lipinski definition) is 4. The van der Waals surface area contributed by atoms with E-state index >= 15 is 0 Å². The topological polar surface area (TPSA) is 60.2 Å². The third-order valence-electron chi connectivity index (χ3n) is 3.69. The van der Waals surface area contributed by atoms with Crippen LogP contribution in [0.15, 0.2) is 18.5 Å². The van der Waals surface area contributed by atoms with Gasteiger partial charge in [-0.25, -0.2) is 8.78 Å². The van der Waals surface area contributed by atoms with Gasteiger partial charge in [0.05, 0.1) is 13.3 Å². The van der Waals surface area contributed by atoms with Crippen molar-refractivity contribution in [3.63, 3.8) is 0 Å². The van der Waals surface area contributed by atoms with Gasteiger partial charge in [-0.1, -0.05) is 0 Å². The second-order valence-electron chi connectivity index (χ2n) is 5.04. The Morgan fingerprint density at radius 1 is 1.63 bits per heavy atom. The zero-order chi connectivity index (χ0) is 13.9. The Kier molecular flexibility index (Phi) is 4.31. The summed E-state index contributed by atoms with van der Waals surface area (Å²) in [6, 6.07) is 1.60. The number of pyridine rings is 1. The predicted octanol–water partition coefficient (Wildman–Crippen LogP) is 2.42.